The second-order valence-electron chi connectivity index (χ2n) is 6.91. The highest BCUT2D eigenvalue weighted by molar-refractivity contribution is 7.91. The maximum Gasteiger partial charge on any atom is 0.317 e. The van der Waals surface area contributed by atoms with Crippen LogP contribution in [0.5, 0.6) is 0 Å². The SMILES string of the molecule is O=C(O)CN1CCN(Cc2nnc(-c3ccccc3)o2)[C@@H]2CS(=O)(=O)C[C@@H]21. The fraction of sp³-hybridized carbons (Fsp3) is 0.471. The first-order valence-corrected chi connectivity index (χ1v) is 10.5. The Morgan fingerprint density at radius 2 is 1.78 bits per heavy atom. The van der Waals surface area contributed by atoms with E-state index >= 15 is 0 Å². The summed E-state index contributed by atoms with van der Waals surface area (Å²) >= 11 is 0. The number of sulfone groups is 1. The molecule has 0 radical (unpaired) electrons. The smallest absolute Gasteiger partial charge is 0.317 e. The highest BCUT2D eigenvalue weighted by Gasteiger charge is 2.47. The molecule has 0 saturated carbocycles. The minimum absolute atomic E-state index is 0.0133. The summed E-state index contributed by atoms with van der Waals surface area (Å²) < 4.78 is 30.1. The molecule has 2 fully saturated rings. The number of fused-ring (bicyclic) bond motifs is 1. The van der Waals surface area contributed by atoms with E-state index in [0.717, 1.165) is 5.56 Å². The quantitative estimate of drug-likeness (QED) is 0.756. The van der Waals surface area contributed by atoms with E-state index in [-0.39, 0.29) is 30.1 Å². The highest BCUT2D eigenvalue weighted by Crippen LogP contribution is 2.28. The molecule has 2 atom stereocenters. The summed E-state index contributed by atoms with van der Waals surface area (Å²) in [7, 11) is -3.20. The molecular formula is C17H20N4O5S. The zero-order chi connectivity index (χ0) is 19.0. The standard InChI is InChI=1S/C17H20N4O5S/c22-16(23)9-21-7-6-20(13-10-27(24,25)11-14(13)21)8-15-18-19-17(26-15)12-4-2-1-3-5-12/h1-5,13-14H,6-11H2,(H,22,23)/t13-,14+/m1/s1. The average Bonchev–Trinajstić information content (AvgIpc) is 3.21. The molecule has 0 bridgehead atoms. The Kier molecular flexibility index (Phi) is 4.70. The van der Waals surface area contributed by atoms with E-state index in [1.54, 1.807) is 4.90 Å². The Morgan fingerprint density at radius 1 is 1.11 bits per heavy atom. The molecule has 2 aliphatic rings. The topological polar surface area (TPSA) is 117 Å². The molecule has 2 aliphatic heterocycles. The summed E-state index contributed by atoms with van der Waals surface area (Å²) in [6.45, 7) is 1.23. The lowest BCUT2D eigenvalue weighted by molar-refractivity contribution is -0.140. The lowest BCUT2D eigenvalue weighted by Crippen LogP contribution is -2.59. The molecule has 144 valence electrons. The molecule has 0 amide bonds. The Morgan fingerprint density at radius 3 is 2.48 bits per heavy atom. The first kappa shape index (κ1) is 18.1. The molecule has 4 rings (SSSR count). The number of aromatic nitrogens is 2. The van der Waals surface area contributed by atoms with Crippen molar-refractivity contribution in [2.24, 2.45) is 0 Å². The molecule has 0 spiro atoms. The van der Waals surface area contributed by atoms with Crippen LogP contribution in [0.3, 0.4) is 0 Å². The maximum absolute atomic E-state index is 12.2. The average molecular weight is 392 g/mol. The molecule has 0 unspecified atom stereocenters. The summed E-state index contributed by atoms with van der Waals surface area (Å²) in [5, 5.41) is 17.2. The van der Waals surface area contributed by atoms with Crippen LogP contribution in [0.4, 0.5) is 0 Å². The number of hydrogen-bond acceptors (Lipinski definition) is 8. The van der Waals surface area contributed by atoms with Crippen LogP contribution in [0.15, 0.2) is 34.7 Å². The first-order chi connectivity index (χ1) is 12.9. The normalized spacial score (nSPS) is 25.3. The number of nitrogens with zero attached hydrogens (tertiary/aromatic N) is 4. The van der Waals surface area contributed by atoms with Gasteiger partial charge in [0.1, 0.15) is 0 Å². The summed E-state index contributed by atoms with van der Waals surface area (Å²) in [6.07, 6.45) is 0. The number of aliphatic carboxylic acids is 1. The number of carboxylic acids is 1. The molecule has 1 aromatic heterocycles. The molecule has 2 aromatic rings. The molecular weight excluding hydrogens is 372 g/mol. The van der Waals surface area contributed by atoms with Crippen molar-refractivity contribution in [1.29, 1.82) is 0 Å². The third-order valence-corrected chi connectivity index (χ3v) is 6.77. The molecule has 9 nitrogen and oxygen atoms in total. The van der Waals surface area contributed by atoms with Gasteiger partial charge in [0, 0.05) is 30.7 Å². The lowest BCUT2D eigenvalue weighted by Gasteiger charge is -2.42. The van der Waals surface area contributed by atoms with Gasteiger partial charge in [-0.15, -0.1) is 10.2 Å². The van der Waals surface area contributed by atoms with E-state index in [4.69, 9.17) is 9.52 Å². The van der Waals surface area contributed by atoms with Crippen LogP contribution in [-0.2, 0) is 21.2 Å². The number of rotatable bonds is 5. The van der Waals surface area contributed by atoms with E-state index in [2.05, 4.69) is 10.2 Å². The number of benzene rings is 1. The van der Waals surface area contributed by atoms with Crippen molar-refractivity contribution in [2.75, 3.05) is 31.1 Å². The van der Waals surface area contributed by atoms with E-state index in [0.29, 0.717) is 31.4 Å². The van der Waals surface area contributed by atoms with E-state index in [9.17, 15) is 13.2 Å². The monoisotopic (exact) mass is 392 g/mol. The van der Waals surface area contributed by atoms with E-state index in [1.165, 1.54) is 0 Å². The van der Waals surface area contributed by atoms with E-state index in [1.807, 2.05) is 35.2 Å². The molecule has 1 N–H and O–H groups in total. The highest BCUT2D eigenvalue weighted by atomic mass is 32.2. The summed E-state index contributed by atoms with van der Waals surface area (Å²) in [5.41, 5.74) is 0.823. The van der Waals surface area contributed by atoms with Crippen LogP contribution in [0.1, 0.15) is 5.89 Å². The lowest BCUT2D eigenvalue weighted by atomic mass is 10.0. The van der Waals surface area contributed by atoms with Crippen molar-refractivity contribution in [3.63, 3.8) is 0 Å². The number of carbonyl (C=O) groups is 1. The van der Waals surface area contributed by atoms with Crippen molar-refractivity contribution < 1.29 is 22.7 Å². The summed E-state index contributed by atoms with van der Waals surface area (Å²) in [4.78, 5) is 14.8. The fourth-order valence-corrected chi connectivity index (χ4v) is 5.89. The molecule has 2 saturated heterocycles. The second-order valence-corrected chi connectivity index (χ2v) is 9.07. The molecule has 27 heavy (non-hydrogen) atoms. The van der Waals surface area contributed by atoms with Gasteiger partial charge in [0.25, 0.3) is 0 Å². The number of piperazine rings is 1. The summed E-state index contributed by atoms with van der Waals surface area (Å²) in [6, 6.07) is 8.83. The van der Waals surface area contributed by atoms with Gasteiger partial charge >= 0.3 is 5.97 Å². The Balaban J connectivity index is 1.51. The zero-order valence-electron chi connectivity index (χ0n) is 14.6. The molecule has 10 heteroatoms. The van der Waals surface area contributed by atoms with Gasteiger partial charge in [-0.25, -0.2) is 8.42 Å². The van der Waals surface area contributed by atoms with Crippen molar-refractivity contribution in [3.05, 3.63) is 36.2 Å². The van der Waals surface area contributed by atoms with Gasteiger partial charge in [-0.2, -0.15) is 0 Å². The number of hydrogen-bond donors (Lipinski definition) is 1. The predicted molar refractivity (Wildman–Crippen MR) is 95.6 cm³/mol. The van der Waals surface area contributed by atoms with Gasteiger partial charge in [0.2, 0.25) is 11.8 Å². The predicted octanol–water partition coefficient (Wildman–Crippen LogP) is 0.104. The number of carboxylic acid groups (broad SMARTS) is 1. The van der Waals surface area contributed by atoms with Gasteiger partial charge in [-0.1, -0.05) is 18.2 Å². The van der Waals surface area contributed by atoms with Crippen molar-refractivity contribution in [3.8, 4) is 11.5 Å². The largest absolute Gasteiger partial charge is 0.480 e. The maximum atomic E-state index is 12.2. The minimum Gasteiger partial charge on any atom is -0.480 e. The van der Waals surface area contributed by atoms with Gasteiger partial charge < -0.3 is 9.52 Å². The van der Waals surface area contributed by atoms with Gasteiger partial charge in [-0.05, 0) is 12.1 Å². The first-order valence-electron chi connectivity index (χ1n) is 8.69. The fourth-order valence-electron chi connectivity index (χ4n) is 3.85. The van der Waals surface area contributed by atoms with Crippen molar-refractivity contribution in [2.45, 2.75) is 18.6 Å². The molecule has 0 aliphatic carbocycles. The van der Waals surface area contributed by atoms with Crippen LogP contribution < -0.4 is 0 Å². The minimum atomic E-state index is -3.20. The van der Waals surface area contributed by atoms with Gasteiger partial charge in [0.15, 0.2) is 9.84 Å². The zero-order valence-corrected chi connectivity index (χ0v) is 15.4. The van der Waals surface area contributed by atoms with Crippen LogP contribution >= 0.6 is 0 Å². The second kappa shape index (κ2) is 7.02. The van der Waals surface area contributed by atoms with Crippen LogP contribution in [-0.4, -0.2) is 82.7 Å². The van der Waals surface area contributed by atoms with Crippen LogP contribution in [0.25, 0.3) is 11.5 Å². The third kappa shape index (κ3) is 3.87. The Bertz CT molecular complexity index is 930. The molecule has 1 aromatic carbocycles. The molecule has 3 heterocycles. The van der Waals surface area contributed by atoms with Gasteiger partial charge in [0.05, 0.1) is 24.6 Å². The van der Waals surface area contributed by atoms with Crippen molar-refractivity contribution >= 4 is 15.8 Å². The third-order valence-electron chi connectivity index (χ3n) is 5.07. The Hall–Kier alpha value is -2.30. The van der Waals surface area contributed by atoms with Gasteiger partial charge in [-0.3, -0.25) is 14.6 Å². The van der Waals surface area contributed by atoms with Crippen LogP contribution in [0.2, 0.25) is 0 Å². The summed E-state index contributed by atoms with van der Waals surface area (Å²) in [5.74, 6) is -0.0984. The van der Waals surface area contributed by atoms with Crippen molar-refractivity contribution in [1.82, 2.24) is 20.0 Å². The van der Waals surface area contributed by atoms with Crippen LogP contribution in [0, 0.1) is 0 Å². The van der Waals surface area contributed by atoms with E-state index < -0.39 is 15.8 Å². The Labute approximate surface area is 156 Å².